The maximum atomic E-state index is 10.7. The molecule has 0 saturated heterocycles. The summed E-state index contributed by atoms with van der Waals surface area (Å²) in [5.74, 6) is -0.969. The number of aromatic amines is 4. The number of H-pyrrole nitrogens is 4. The van der Waals surface area contributed by atoms with Gasteiger partial charge in [0, 0.05) is 81.5 Å². The third-order valence-electron chi connectivity index (χ3n) is 11.6. The molecule has 0 radical (unpaired) electrons. The van der Waals surface area contributed by atoms with Crippen molar-refractivity contribution >= 4 is 56.0 Å². The van der Waals surface area contributed by atoms with E-state index >= 15 is 0 Å². The molecule has 0 aliphatic heterocycles. The first-order valence-corrected chi connectivity index (χ1v) is 20.9. The lowest BCUT2D eigenvalue weighted by molar-refractivity contribution is -0.138. The van der Waals surface area contributed by atoms with Crippen LogP contribution in [0, 0.1) is 55.4 Å². The van der Waals surface area contributed by atoms with Crippen LogP contribution in [0.1, 0.15) is 75.0 Å². The molecule has 1 atom stereocenters. The zero-order valence-electron chi connectivity index (χ0n) is 38.1. The van der Waals surface area contributed by atoms with Gasteiger partial charge in [0.15, 0.2) is 0 Å². The Labute approximate surface area is 360 Å². The molecule has 8 N–H and O–H groups in total. The van der Waals surface area contributed by atoms with E-state index in [2.05, 4.69) is 154 Å². The van der Waals surface area contributed by atoms with Crippen molar-refractivity contribution in [3.8, 4) is 0 Å². The number of nitrogens with zero attached hydrogens (tertiary/aromatic N) is 1. The van der Waals surface area contributed by atoms with Crippen LogP contribution in [-0.4, -0.2) is 68.0 Å². The Morgan fingerprint density at radius 2 is 1.07 bits per heavy atom. The number of aromatic nitrogens is 4. The molecule has 0 fully saturated rings. The lowest BCUT2D eigenvalue weighted by atomic mass is 9.94. The largest absolute Gasteiger partial charge is 0.480 e. The van der Waals surface area contributed by atoms with Gasteiger partial charge in [-0.2, -0.15) is 0 Å². The first-order chi connectivity index (χ1) is 28.8. The fourth-order valence-electron chi connectivity index (χ4n) is 7.45. The Bertz CT molecular complexity index is 2740. The Hall–Kier alpha value is -6.10. The van der Waals surface area contributed by atoms with Crippen LogP contribution in [0.2, 0.25) is 0 Å². The molecule has 8 aromatic rings. The van der Waals surface area contributed by atoms with Crippen LogP contribution in [0.25, 0.3) is 43.6 Å². The molecular formula is C51H65N7O3. The third kappa shape index (κ3) is 11.6. The average Bonchev–Trinajstić information content (AvgIpc) is 3.98. The molecule has 10 heteroatoms. The normalized spacial score (nSPS) is 11.8. The van der Waals surface area contributed by atoms with Crippen molar-refractivity contribution in [1.29, 1.82) is 0 Å². The van der Waals surface area contributed by atoms with Crippen LogP contribution in [0.3, 0.4) is 0 Å². The molecule has 8 rings (SSSR count). The van der Waals surface area contributed by atoms with E-state index < -0.39 is 12.0 Å². The van der Waals surface area contributed by atoms with Crippen LogP contribution in [0.15, 0.2) is 79.4 Å². The Morgan fingerprint density at radius 3 is 1.54 bits per heavy atom. The molecule has 0 aliphatic rings. The second kappa shape index (κ2) is 19.5. The van der Waals surface area contributed by atoms with Gasteiger partial charge < -0.3 is 41.0 Å². The maximum absolute atomic E-state index is 10.7. The molecule has 4 aromatic heterocycles. The molecule has 4 heterocycles. The predicted octanol–water partition coefficient (Wildman–Crippen LogP) is 10.2. The fourth-order valence-corrected chi connectivity index (χ4v) is 7.45. The smallest absolute Gasteiger partial charge is 0.320 e. The summed E-state index contributed by atoms with van der Waals surface area (Å²) in [6, 6.07) is 18.7. The second-order valence-electron chi connectivity index (χ2n) is 17.6. The standard InChI is InChI=1S/C15H20N2O.C13H16N2O2.C13H18N2.C10H11N/c1-10-5-13-12(7-15(3,4)17-9-18)8-16-14(13)6-11(10)2;1-7-3-10-9(5-11(14)13(16)17)6-15-12(10)4-8(7)2;1-9-5-12-11(8-15(3)4)7-14-13(12)6-10(9)2;1-7-5-9-3-4-11-10(9)6-8(7)2/h5-6,8-9,16H,7H2,1-4H3,(H,17,18);3-4,6,11,15H,5,14H2,1-2H3,(H,16,17);5-7,14H,8H2,1-4H3;3-6,11H,1-2H3. The minimum atomic E-state index is -0.969. The highest BCUT2D eigenvalue weighted by atomic mass is 16.4. The minimum Gasteiger partial charge on any atom is -0.480 e. The number of nitrogens with two attached hydrogens (primary N) is 1. The second-order valence-corrected chi connectivity index (χ2v) is 17.6. The first kappa shape index (κ1) is 46.0. The van der Waals surface area contributed by atoms with Crippen LogP contribution < -0.4 is 11.1 Å². The van der Waals surface area contributed by atoms with Crippen LogP contribution in [0.5, 0.6) is 0 Å². The zero-order chi connectivity index (χ0) is 44.8. The summed E-state index contributed by atoms with van der Waals surface area (Å²) in [7, 11) is 4.19. The van der Waals surface area contributed by atoms with Gasteiger partial charge in [-0.05, 0) is 211 Å². The fraction of sp³-hybridized carbons (Fsp3) is 0.333. The highest BCUT2D eigenvalue weighted by Crippen LogP contribution is 2.27. The number of nitrogens with one attached hydrogen (secondary N) is 5. The summed E-state index contributed by atoms with van der Waals surface area (Å²) < 4.78 is 0. The lowest BCUT2D eigenvalue weighted by Gasteiger charge is -2.23. The monoisotopic (exact) mass is 824 g/mol. The predicted molar refractivity (Wildman–Crippen MR) is 255 cm³/mol. The lowest BCUT2D eigenvalue weighted by Crippen LogP contribution is -2.40. The number of hydrogen-bond acceptors (Lipinski definition) is 4. The van der Waals surface area contributed by atoms with Crippen LogP contribution >= 0.6 is 0 Å². The molecule has 61 heavy (non-hydrogen) atoms. The van der Waals surface area contributed by atoms with Crippen molar-refractivity contribution in [1.82, 2.24) is 30.2 Å². The van der Waals surface area contributed by atoms with E-state index in [1.54, 1.807) is 0 Å². The van der Waals surface area contributed by atoms with E-state index in [-0.39, 0.29) is 5.54 Å². The molecule has 0 aliphatic carbocycles. The van der Waals surface area contributed by atoms with Crippen molar-refractivity contribution < 1.29 is 14.7 Å². The zero-order valence-corrected chi connectivity index (χ0v) is 38.1. The van der Waals surface area contributed by atoms with Gasteiger partial charge in [-0.15, -0.1) is 0 Å². The van der Waals surface area contributed by atoms with Crippen LogP contribution in [0.4, 0.5) is 0 Å². The number of hydrogen-bond donors (Lipinski definition) is 7. The quantitative estimate of drug-likeness (QED) is 0.0721. The summed E-state index contributed by atoms with van der Waals surface area (Å²) in [6.07, 6.45) is 9.90. The maximum Gasteiger partial charge on any atom is 0.320 e. The number of benzene rings is 4. The number of carboxylic acid groups (broad SMARTS) is 1. The highest BCUT2D eigenvalue weighted by molar-refractivity contribution is 5.87. The number of fused-ring (bicyclic) bond motifs is 4. The van der Waals surface area contributed by atoms with E-state index in [1.807, 2.05) is 39.4 Å². The minimum absolute atomic E-state index is 0.227. The number of carboxylic acids is 1. The third-order valence-corrected chi connectivity index (χ3v) is 11.6. The summed E-state index contributed by atoms with van der Waals surface area (Å²) in [5, 5.41) is 16.6. The highest BCUT2D eigenvalue weighted by Gasteiger charge is 2.19. The van der Waals surface area contributed by atoms with Gasteiger partial charge in [0.1, 0.15) is 6.04 Å². The molecule has 1 amide bonds. The average molecular weight is 824 g/mol. The van der Waals surface area contributed by atoms with E-state index in [0.717, 1.165) is 41.4 Å². The number of carbonyl (C=O) groups excluding carboxylic acids is 1. The van der Waals surface area contributed by atoms with E-state index in [0.29, 0.717) is 6.42 Å². The molecule has 0 saturated carbocycles. The first-order valence-electron chi connectivity index (χ1n) is 20.9. The Kier molecular flexibility index (Phi) is 14.7. The van der Waals surface area contributed by atoms with Crippen molar-refractivity contribution in [2.75, 3.05) is 14.1 Å². The molecule has 4 aromatic carbocycles. The van der Waals surface area contributed by atoms with Crippen molar-refractivity contribution in [2.45, 2.75) is 100 Å². The van der Waals surface area contributed by atoms with Crippen molar-refractivity contribution in [3.63, 3.8) is 0 Å². The van der Waals surface area contributed by atoms with Gasteiger partial charge >= 0.3 is 5.97 Å². The summed E-state index contributed by atoms with van der Waals surface area (Å²) in [5.41, 5.74) is 24.0. The molecule has 0 bridgehead atoms. The van der Waals surface area contributed by atoms with Gasteiger partial charge in [0.05, 0.1) is 0 Å². The molecule has 0 spiro atoms. The topological polar surface area (TPSA) is 159 Å². The number of aliphatic carboxylic acids is 1. The van der Waals surface area contributed by atoms with E-state index in [9.17, 15) is 9.59 Å². The van der Waals surface area contributed by atoms with E-state index in [1.165, 1.54) is 82.8 Å². The van der Waals surface area contributed by atoms with Gasteiger partial charge in [0.2, 0.25) is 6.41 Å². The number of rotatable bonds is 9. The molecular weight excluding hydrogens is 759 g/mol. The number of amides is 1. The summed E-state index contributed by atoms with van der Waals surface area (Å²) in [4.78, 5) is 36.5. The van der Waals surface area contributed by atoms with Gasteiger partial charge in [-0.3, -0.25) is 9.59 Å². The van der Waals surface area contributed by atoms with E-state index in [4.69, 9.17) is 10.8 Å². The Balaban J connectivity index is 0.000000156. The summed E-state index contributed by atoms with van der Waals surface area (Å²) >= 11 is 0. The molecule has 10 nitrogen and oxygen atoms in total. The SMILES string of the molecule is Cc1cc2[nH]cc(CC(C)(C)NC=O)c2cc1C.Cc1cc2[nH]cc(CC(N)C(=O)O)c2cc1C.Cc1cc2[nH]cc(CN(C)C)c2cc1C.Cc1cc2cc[nH]c2cc1C. The van der Waals surface area contributed by atoms with Gasteiger partial charge in [0.25, 0.3) is 0 Å². The van der Waals surface area contributed by atoms with Gasteiger partial charge in [-0.1, -0.05) is 0 Å². The summed E-state index contributed by atoms with van der Waals surface area (Å²) in [6.45, 7) is 22.0. The molecule has 1 unspecified atom stereocenters. The molecule has 322 valence electrons. The number of aryl methyl sites for hydroxylation is 8. The van der Waals surface area contributed by atoms with Crippen LogP contribution in [-0.2, 0) is 29.0 Å². The number of carbonyl (C=O) groups is 2. The van der Waals surface area contributed by atoms with Crippen molar-refractivity contribution in [3.05, 3.63) is 141 Å². The Morgan fingerprint density at radius 1 is 0.656 bits per heavy atom. The van der Waals surface area contributed by atoms with Gasteiger partial charge in [-0.25, -0.2) is 0 Å². The van der Waals surface area contributed by atoms with Crippen molar-refractivity contribution in [2.24, 2.45) is 5.73 Å².